The van der Waals surface area contributed by atoms with E-state index in [0.717, 1.165) is 24.6 Å². The van der Waals surface area contributed by atoms with Crippen LogP contribution in [0.25, 0.3) is 0 Å². The van der Waals surface area contributed by atoms with Crippen molar-refractivity contribution >= 4 is 23.6 Å². The number of nitrogens with zero attached hydrogens (tertiary/aromatic N) is 5. The van der Waals surface area contributed by atoms with Crippen LogP contribution in [0.2, 0.25) is 0 Å². The number of rotatable bonds is 2. The zero-order valence-electron chi connectivity index (χ0n) is 12.3. The summed E-state index contributed by atoms with van der Waals surface area (Å²) < 4.78 is 2.09. The molecule has 1 aromatic heterocycles. The van der Waals surface area contributed by atoms with E-state index >= 15 is 0 Å². The van der Waals surface area contributed by atoms with Crippen molar-refractivity contribution in [1.29, 1.82) is 0 Å². The molecule has 3 heterocycles. The average Bonchev–Trinajstić information content (AvgIpc) is 3.12. The van der Waals surface area contributed by atoms with Gasteiger partial charge in [-0.2, -0.15) is 0 Å². The first-order chi connectivity index (χ1) is 10.1. The molecule has 1 atom stereocenters. The molecule has 8 heteroatoms. The Morgan fingerprint density at radius 3 is 2.86 bits per heavy atom. The Hall–Kier alpha value is -1.57. The second-order valence-corrected chi connectivity index (χ2v) is 6.30. The lowest BCUT2D eigenvalue weighted by Gasteiger charge is -2.32. The Kier molecular flexibility index (Phi) is 3.88. The van der Waals surface area contributed by atoms with E-state index in [-0.39, 0.29) is 17.9 Å². The van der Waals surface area contributed by atoms with Gasteiger partial charge in [0, 0.05) is 32.2 Å². The standard InChI is InChI=1S/C13H19N5O2S/c1-3-11-14-15-12-6-16(4-5-17(11)12)13(20)10-7-21-8-18(10)9(2)19/h10H,3-8H2,1-2H3. The SMILES string of the molecule is CCc1nnc2n1CCN(C(=O)C1CSCN1C(C)=O)C2. The zero-order valence-corrected chi connectivity index (χ0v) is 13.1. The number of aromatic nitrogens is 3. The molecule has 1 fully saturated rings. The molecule has 0 bridgehead atoms. The van der Waals surface area contributed by atoms with Crippen LogP contribution in [0, 0.1) is 0 Å². The van der Waals surface area contributed by atoms with Gasteiger partial charge in [0.2, 0.25) is 11.8 Å². The summed E-state index contributed by atoms with van der Waals surface area (Å²) in [6, 6.07) is -0.326. The van der Waals surface area contributed by atoms with Crippen LogP contribution in [0.1, 0.15) is 25.5 Å². The number of carbonyl (C=O) groups excluding carboxylic acids is 2. The summed E-state index contributed by atoms with van der Waals surface area (Å²) >= 11 is 1.63. The predicted molar refractivity (Wildman–Crippen MR) is 78.5 cm³/mol. The van der Waals surface area contributed by atoms with Crippen molar-refractivity contribution in [3.63, 3.8) is 0 Å². The highest BCUT2D eigenvalue weighted by atomic mass is 32.2. The maximum absolute atomic E-state index is 12.7. The van der Waals surface area contributed by atoms with Gasteiger partial charge in [0.05, 0.1) is 12.4 Å². The fourth-order valence-electron chi connectivity index (χ4n) is 2.84. The highest BCUT2D eigenvalue weighted by Gasteiger charge is 2.37. The molecule has 0 aliphatic carbocycles. The number of aryl methyl sites for hydroxylation is 1. The summed E-state index contributed by atoms with van der Waals surface area (Å²) in [5.41, 5.74) is 0. The number of fused-ring (bicyclic) bond motifs is 1. The Bertz CT molecular complexity index is 573. The largest absolute Gasteiger partial charge is 0.332 e. The molecule has 3 rings (SSSR count). The number of amides is 2. The lowest BCUT2D eigenvalue weighted by Crippen LogP contribution is -2.50. The molecule has 0 aromatic carbocycles. The molecule has 0 N–H and O–H groups in total. The fourth-order valence-corrected chi connectivity index (χ4v) is 4.05. The van der Waals surface area contributed by atoms with Crippen LogP contribution >= 0.6 is 11.8 Å². The Morgan fingerprint density at radius 1 is 1.33 bits per heavy atom. The van der Waals surface area contributed by atoms with Gasteiger partial charge in [-0.25, -0.2) is 0 Å². The fraction of sp³-hybridized carbons (Fsp3) is 0.692. The Balaban J connectivity index is 1.73. The third-order valence-corrected chi connectivity index (χ3v) is 5.04. The minimum atomic E-state index is -0.326. The lowest BCUT2D eigenvalue weighted by molar-refractivity contribution is -0.143. The minimum Gasteiger partial charge on any atom is -0.332 e. The molecular weight excluding hydrogens is 290 g/mol. The highest BCUT2D eigenvalue weighted by Crippen LogP contribution is 2.24. The first-order valence-electron chi connectivity index (χ1n) is 7.16. The van der Waals surface area contributed by atoms with Crippen LogP contribution < -0.4 is 0 Å². The molecule has 0 saturated carbocycles. The molecular formula is C13H19N5O2S. The van der Waals surface area contributed by atoms with Gasteiger partial charge in [0.25, 0.3) is 0 Å². The van der Waals surface area contributed by atoms with Gasteiger partial charge in [-0.1, -0.05) is 6.92 Å². The topological polar surface area (TPSA) is 71.3 Å². The van der Waals surface area contributed by atoms with E-state index in [1.165, 1.54) is 6.92 Å². The van der Waals surface area contributed by atoms with Gasteiger partial charge in [-0.3, -0.25) is 9.59 Å². The summed E-state index contributed by atoms with van der Waals surface area (Å²) in [6.07, 6.45) is 0.846. The highest BCUT2D eigenvalue weighted by molar-refractivity contribution is 7.99. The van der Waals surface area contributed by atoms with E-state index in [9.17, 15) is 9.59 Å². The number of hydrogen-bond donors (Lipinski definition) is 0. The van der Waals surface area contributed by atoms with E-state index in [1.54, 1.807) is 21.6 Å². The van der Waals surface area contributed by atoms with Crippen LogP contribution in [0.15, 0.2) is 0 Å². The van der Waals surface area contributed by atoms with Crippen LogP contribution in [-0.2, 0) is 29.1 Å². The number of carbonyl (C=O) groups is 2. The predicted octanol–water partition coefficient (Wildman–Crippen LogP) is 0.104. The van der Waals surface area contributed by atoms with E-state index in [0.29, 0.717) is 24.7 Å². The normalized spacial score (nSPS) is 21.5. The van der Waals surface area contributed by atoms with E-state index < -0.39 is 0 Å². The Morgan fingerprint density at radius 2 is 2.14 bits per heavy atom. The maximum atomic E-state index is 12.7. The van der Waals surface area contributed by atoms with Crippen LogP contribution in [-0.4, -0.2) is 60.6 Å². The Labute approximate surface area is 127 Å². The molecule has 0 spiro atoms. The average molecular weight is 309 g/mol. The second-order valence-electron chi connectivity index (χ2n) is 5.30. The molecule has 1 saturated heterocycles. The van der Waals surface area contributed by atoms with Crippen LogP contribution in [0.3, 0.4) is 0 Å². The molecule has 1 unspecified atom stereocenters. The van der Waals surface area contributed by atoms with Gasteiger partial charge < -0.3 is 14.4 Å². The lowest BCUT2D eigenvalue weighted by atomic mass is 10.2. The van der Waals surface area contributed by atoms with Crippen molar-refractivity contribution < 1.29 is 9.59 Å². The second kappa shape index (κ2) is 5.67. The zero-order chi connectivity index (χ0) is 15.0. The van der Waals surface area contributed by atoms with Crippen molar-refractivity contribution in [3.05, 3.63) is 11.6 Å². The summed E-state index contributed by atoms with van der Waals surface area (Å²) in [5.74, 6) is 3.09. The van der Waals surface area contributed by atoms with Gasteiger partial charge in [-0.15, -0.1) is 22.0 Å². The van der Waals surface area contributed by atoms with Gasteiger partial charge >= 0.3 is 0 Å². The molecule has 114 valence electrons. The van der Waals surface area contributed by atoms with Crippen molar-refractivity contribution in [2.75, 3.05) is 18.2 Å². The van der Waals surface area contributed by atoms with Gasteiger partial charge in [-0.05, 0) is 0 Å². The van der Waals surface area contributed by atoms with Gasteiger partial charge in [0.15, 0.2) is 5.82 Å². The molecule has 21 heavy (non-hydrogen) atoms. The molecule has 2 aliphatic rings. The molecule has 2 aliphatic heterocycles. The summed E-state index contributed by atoms with van der Waals surface area (Å²) in [4.78, 5) is 27.7. The molecule has 1 aromatic rings. The van der Waals surface area contributed by atoms with Crippen molar-refractivity contribution in [1.82, 2.24) is 24.6 Å². The van der Waals surface area contributed by atoms with Crippen molar-refractivity contribution in [2.24, 2.45) is 0 Å². The van der Waals surface area contributed by atoms with E-state index in [4.69, 9.17) is 0 Å². The molecule has 2 amide bonds. The van der Waals surface area contributed by atoms with E-state index in [1.807, 2.05) is 0 Å². The first kappa shape index (κ1) is 14.4. The quantitative estimate of drug-likeness (QED) is 0.775. The van der Waals surface area contributed by atoms with Crippen LogP contribution in [0.5, 0.6) is 0 Å². The molecule has 7 nitrogen and oxygen atoms in total. The summed E-state index contributed by atoms with van der Waals surface area (Å²) in [7, 11) is 0. The smallest absolute Gasteiger partial charge is 0.246 e. The minimum absolute atomic E-state index is 0.0301. The third kappa shape index (κ3) is 2.52. The monoisotopic (exact) mass is 309 g/mol. The van der Waals surface area contributed by atoms with Gasteiger partial charge in [0.1, 0.15) is 11.9 Å². The van der Waals surface area contributed by atoms with Crippen LogP contribution in [0.4, 0.5) is 0 Å². The molecule has 0 radical (unpaired) electrons. The first-order valence-corrected chi connectivity index (χ1v) is 8.32. The number of thioether (sulfide) groups is 1. The van der Waals surface area contributed by atoms with E-state index in [2.05, 4.69) is 21.7 Å². The van der Waals surface area contributed by atoms with Crippen molar-refractivity contribution in [3.8, 4) is 0 Å². The van der Waals surface area contributed by atoms with Crippen molar-refractivity contribution in [2.45, 2.75) is 39.4 Å². The third-order valence-electron chi connectivity index (χ3n) is 4.03. The number of hydrogen-bond acceptors (Lipinski definition) is 5. The summed E-state index contributed by atoms with van der Waals surface area (Å²) in [5, 5.41) is 8.33. The summed E-state index contributed by atoms with van der Waals surface area (Å²) in [6.45, 7) is 5.45. The maximum Gasteiger partial charge on any atom is 0.246 e.